The summed E-state index contributed by atoms with van der Waals surface area (Å²) in [5, 5.41) is 0. The van der Waals surface area contributed by atoms with E-state index in [1.807, 2.05) is 0 Å². The van der Waals surface area contributed by atoms with Gasteiger partial charge in [0, 0.05) is 10.0 Å². The number of hydrogen-bond donors (Lipinski definition) is 1. The highest BCUT2D eigenvalue weighted by atomic mass is 79.9. The minimum Gasteiger partial charge on any atom is -0.321 e. The van der Waals surface area contributed by atoms with Crippen molar-refractivity contribution in [3.05, 3.63) is 33.8 Å². The quantitative estimate of drug-likeness (QED) is 0.867. The molecule has 1 aliphatic rings. The number of aryl methyl sites for hydroxylation is 1. The molecular weight excluding hydrogens is 262 g/mol. The summed E-state index contributed by atoms with van der Waals surface area (Å²) in [4.78, 5) is 0. The number of rotatable bonds is 2. The Hall–Kier alpha value is -0.340. The Morgan fingerprint density at radius 1 is 1.19 bits per heavy atom. The predicted molar refractivity (Wildman–Crippen MR) is 72.5 cm³/mol. The maximum atomic E-state index is 6.55. The molecule has 1 fully saturated rings. The maximum Gasteiger partial charge on any atom is 0.0410 e. The molecule has 1 aromatic rings. The molecule has 1 saturated carbocycles. The van der Waals surface area contributed by atoms with Crippen molar-refractivity contribution in [2.45, 2.75) is 51.0 Å². The van der Waals surface area contributed by atoms with Gasteiger partial charge in [-0.05, 0) is 42.5 Å². The lowest BCUT2D eigenvalue weighted by molar-refractivity contribution is 0.302. The smallest absolute Gasteiger partial charge is 0.0410 e. The van der Waals surface area contributed by atoms with Crippen molar-refractivity contribution in [3.63, 3.8) is 0 Å². The number of halogens is 1. The molecule has 0 radical (unpaired) electrons. The van der Waals surface area contributed by atoms with Crippen LogP contribution in [0.25, 0.3) is 0 Å². The highest BCUT2D eigenvalue weighted by molar-refractivity contribution is 9.10. The average molecular weight is 282 g/mol. The van der Waals surface area contributed by atoms with E-state index < -0.39 is 0 Å². The molecule has 0 amide bonds. The van der Waals surface area contributed by atoms with Crippen LogP contribution in [-0.4, -0.2) is 0 Å². The number of nitrogens with two attached hydrogens (primary N) is 1. The SMILES string of the molecule is CCc1cc(Br)cc(C2(N)CCCCC2)c1. The van der Waals surface area contributed by atoms with Gasteiger partial charge in [0.1, 0.15) is 0 Å². The van der Waals surface area contributed by atoms with Gasteiger partial charge in [-0.3, -0.25) is 0 Å². The molecule has 2 rings (SSSR count). The molecule has 88 valence electrons. The Labute approximate surface area is 107 Å². The summed E-state index contributed by atoms with van der Waals surface area (Å²) in [6.45, 7) is 2.19. The maximum absolute atomic E-state index is 6.55. The fraction of sp³-hybridized carbons (Fsp3) is 0.571. The van der Waals surface area contributed by atoms with Gasteiger partial charge in [0.2, 0.25) is 0 Å². The van der Waals surface area contributed by atoms with Crippen molar-refractivity contribution in [3.8, 4) is 0 Å². The molecule has 1 nitrogen and oxygen atoms in total. The lowest BCUT2D eigenvalue weighted by atomic mass is 9.77. The van der Waals surface area contributed by atoms with E-state index in [0.29, 0.717) is 0 Å². The zero-order chi connectivity index (χ0) is 11.6. The van der Waals surface area contributed by atoms with Crippen molar-refractivity contribution < 1.29 is 0 Å². The molecule has 1 aliphatic carbocycles. The van der Waals surface area contributed by atoms with Gasteiger partial charge < -0.3 is 5.73 Å². The van der Waals surface area contributed by atoms with Crippen molar-refractivity contribution in [1.29, 1.82) is 0 Å². The highest BCUT2D eigenvalue weighted by Crippen LogP contribution is 2.36. The van der Waals surface area contributed by atoms with Gasteiger partial charge in [0.15, 0.2) is 0 Å². The van der Waals surface area contributed by atoms with Crippen LogP contribution in [0.3, 0.4) is 0 Å². The summed E-state index contributed by atoms with van der Waals surface area (Å²) in [5.74, 6) is 0. The minimum absolute atomic E-state index is 0.0774. The van der Waals surface area contributed by atoms with Crippen LogP contribution < -0.4 is 5.73 Å². The van der Waals surface area contributed by atoms with Crippen molar-refractivity contribution in [2.24, 2.45) is 5.73 Å². The monoisotopic (exact) mass is 281 g/mol. The fourth-order valence-corrected chi connectivity index (χ4v) is 3.15. The second-order valence-corrected chi connectivity index (χ2v) is 5.83. The van der Waals surface area contributed by atoms with Crippen LogP contribution in [0.15, 0.2) is 22.7 Å². The third-order valence-electron chi connectivity index (χ3n) is 3.69. The molecule has 1 aromatic carbocycles. The highest BCUT2D eigenvalue weighted by Gasteiger charge is 2.29. The van der Waals surface area contributed by atoms with E-state index in [1.165, 1.54) is 30.4 Å². The summed E-state index contributed by atoms with van der Waals surface area (Å²) >= 11 is 3.59. The fourth-order valence-electron chi connectivity index (χ4n) is 2.61. The molecule has 2 N–H and O–H groups in total. The van der Waals surface area contributed by atoms with Gasteiger partial charge in [-0.2, -0.15) is 0 Å². The van der Waals surface area contributed by atoms with Gasteiger partial charge in [0.25, 0.3) is 0 Å². The first-order valence-corrected chi connectivity index (χ1v) is 7.02. The van der Waals surface area contributed by atoms with Crippen molar-refractivity contribution >= 4 is 15.9 Å². The van der Waals surface area contributed by atoms with Gasteiger partial charge in [0.05, 0.1) is 0 Å². The van der Waals surface area contributed by atoms with E-state index in [9.17, 15) is 0 Å². The summed E-state index contributed by atoms with van der Waals surface area (Å²) < 4.78 is 1.16. The molecule has 0 saturated heterocycles. The third kappa shape index (κ3) is 2.49. The first-order chi connectivity index (χ1) is 7.64. The average Bonchev–Trinajstić information content (AvgIpc) is 2.29. The molecule has 16 heavy (non-hydrogen) atoms. The van der Waals surface area contributed by atoms with Crippen molar-refractivity contribution in [2.75, 3.05) is 0 Å². The largest absolute Gasteiger partial charge is 0.321 e. The Bertz CT molecular complexity index is 367. The van der Waals surface area contributed by atoms with Crippen LogP contribution in [-0.2, 0) is 12.0 Å². The van der Waals surface area contributed by atoms with Crippen LogP contribution >= 0.6 is 15.9 Å². The molecule has 2 heteroatoms. The first kappa shape index (κ1) is 12.1. The van der Waals surface area contributed by atoms with Crippen LogP contribution in [0.4, 0.5) is 0 Å². The summed E-state index contributed by atoms with van der Waals surface area (Å²) in [7, 11) is 0. The lowest BCUT2D eigenvalue weighted by Gasteiger charge is -2.34. The molecule has 0 unspecified atom stereocenters. The minimum atomic E-state index is -0.0774. The van der Waals surface area contributed by atoms with Gasteiger partial charge in [-0.25, -0.2) is 0 Å². The zero-order valence-corrected chi connectivity index (χ0v) is 11.5. The van der Waals surface area contributed by atoms with Crippen LogP contribution in [0.5, 0.6) is 0 Å². The lowest BCUT2D eigenvalue weighted by Crippen LogP contribution is -2.38. The predicted octanol–water partition coefficient (Wildman–Crippen LogP) is 4.13. The molecule has 0 spiro atoms. The second-order valence-electron chi connectivity index (χ2n) is 4.92. The second kappa shape index (κ2) is 4.89. The molecule has 0 aromatic heterocycles. The van der Waals surface area contributed by atoms with Crippen LogP contribution in [0.1, 0.15) is 50.2 Å². The van der Waals surface area contributed by atoms with Crippen LogP contribution in [0.2, 0.25) is 0 Å². The van der Waals surface area contributed by atoms with Crippen molar-refractivity contribution in [1.82, 2.24) is 0 Å². The van der Waals surface area contributed by atoms with Gasteiger partial charge in [-0.1, -0.05) is 48.2 Å². The summed E-state index contributed by atoms with van der Waals surface area (Å²) in [5.41, 5.74) is 9.17. The molecule has 0 aliphatic heterocycles. The number of benzene rings is 1. The summed E-state index contributed by atoms with van der Waals surface area (Å²) in [6.07, 6.45) is 7.21. The van der Waals surface area contributed by atoms with Crippen LogP contribution in [0, 0.1) is 0 Å². The summed E-state index contributed by atoms with van der Waals surface area (Å²) in [6, 6.07) is 6.68. The molecular formula is C14H20BrN. The topological polar surface area (TPSA) is 26.0 Å². The molecule has 0 bridgehead atoms. The Morgan fingerprint density at radius 2 is 1.88 bits per heavy atom. The Balaban J connectivity index is 2.34. The van der Waals surface area contributed by atoms with E-state index >= 15 is 0 Å². The zero-order valence-electron chi connectivity index (χ0n) is 9.93. The Kier molecular flexibility index (Phi) is 3.70. The van der Waals surface area contributed by atoms with E-state index in [-0.39, 0.29) is 5.54 Å². The van der Waals surface area contributed by atoms with E-state index in [0.717, 1.165) is 23.7 Å². The van der Waals surface area contributed by atoms with Gasteiger partial charge >= 0.3 is 0 Å². The standard InChI is InChI=1S/C14H20BrN/c1-2-11-8-12(10-13(15)9-11)14(16)6-4-3-5-7-14/h8-10H,2-7,16H2,1H3. The Morgan fingerprint density at radius 3 is 2.50 bits per heavy atom. The normalized spacial score (nSPS) is 19.7. The van der Waals surface area contributed by atoms with E-state index in [2.05, 4.69) is 41.1 Å². The van der Waals surface area contributed by atoms with E-state index in [4.69, 9.17) is 5.73 Å². The molecule has 0 atom stereocenters. The van der Waals surface area contributed by atoms with E-state index in [1.54, 1.807) is 0 Å². The van der Waals surface area contributed by atoms with Gasteiger partial charge in [-0.15, -0.1) is 0 Å². The molecule has 0 heterocycles. The third-order valence-corrected chi connectivity index (χ3v) is 4.14. The first-order valence-electron chi connectivity index (χ1n) is 6.23. The number of hydrogen-bond acceptors (Lipinski definition) is 1.